The molecule has 0 unspecified atom stereocenters. The van der Waals surface area contributed by atoms with E-state index in [9.17, 15) is 0 Å². The lowest BCUT2D eigenvalue weighted by atomic mass is 10.0. The van der Waals surface area contributed by atoms with Gasteiger partial charge in [-0.1, -0.05) is 32.3 Å². The standard InChI is InChI=1S/C13H20BrNO.ClH/c1-3-4-5-6-12(15)10-7-8-13(16-2)11(14)9-10;/h7-9,12H,3-6,15H2,1-2H3;1H/t12-;/m1./s1. The van der Waals surface area contributed by atoms with Crippen LogP contribution in [0.4, 0.5) is 0 Å². The molecule has 98 valence electrons. The Labute approximate surface area is 118 Å². The third kappa shape index (κ3) is 5.28. The lowest BCUT2D eigenvalue weighted by Gasteiger charge is -2.13. The van der Waals surface area contributed by atoms with E-state index in [1.165, 1.54) is 24.8 Å². The van der Waals surface area contributed by atoms with Gasteiger partial charge in [0, 0.05) is 6.04 Å². The van der Waals surface area contributed by atoms with Crippen molar-refractivity contribution in [3.63, 3.8) is 0 Å². The molecule has 0 aliphatic heterocycles. The Hall–Kier alpha value is -0.250. The first-order valence-corrected chi connectivity index (χ1v) is 6.57. The van der Waals surface area contributed by atoms with E-state index in [1.54, 1.807) is 7.11 Å². The molecule has 1 atom stereocenters. The number of unbranched alkanes of at least 4 members (excludes halogenated alkanes) is 2. The summed E-state index contributed by atoms with van der Waals surface area (Å²) in [5.74, 6) is 0.851. The maximum absolute atomic E-state index is 6.13. The fourth-order valence-electron chi connectivity index (χ4n) is 1.69. The number of methoxy groups -OCH3 is 1. The fraction of sp³-hybridized carbons (Fsp3) is 0.538. The van der Waals surface area contributed by atoms with Gasteiger partial charge in [0.25, 0.3) is 0 Å². The van der Waals surface area contributed by atoms with Gasteiger partial charge < -0.3 is 10.5 Å². The minimum Gasteiger partial charge on any atom is -0.496 e. The molecule has 0 spiro atoms. The molecule has 1 aromatic carbocycles. The Balaban J connectivity index is 0.00000256. The second-order valence-corrected chi connectivity index (χ2v) is 4.85. The van der Waals surface area contributed by atoms with Gasteiger partial charge in [-0.25, -0.2) is 0 Å². The summed E-state index contributed by atoms with van der Waals surface area (Å²) in [6, 6.07) is 6.18. The maximum Gasteiger partial charge on any atom is 0.133 e. The highest BCUT2D eigenvalue weighted by atomic mass is 79.9. The summed E-state index contributed by atoms with van der Waals surface area (Å²) < 4.78 is 6.16. The van der Waals surface area contributed by atoms with Crippen molar-refractivity contribution in [3.05, 3.63) is 28.2 Å². The van der Waals surface area contributed by atoms with Gasteiger partial charge in [-0.05, 0) is 40.0 Å². The van der Waals surface area contributed by atoms with E-state index in [0.717, 1.165) is 16.6 Å². The maximum atomic E-state index is 6.13. The molecular weight excluding hydrogens is 302 g/mol. The molecule has 0 saturated heterocycles. The number of benzene rings is 1. The van der Waals surface area contributed by atoms with Gasteiger partial charge in [-0.3, -0.25) is 0 Å². The van der Waals surface area contributed by atoms with E-state index >= 15 is 0 Å². The zero-order chi connectivity index (χ0) is 12.0. The van der Waals surface area contributed by atoms with Crippen LogP contribution in [0, 0.1) is 0 Å². The second-order valence-electron chi connectivity index (χ2n) is 4.00. The van der Waals surface area contributed by atoms with Gasteiger partial charge >= 0.3 is 0 Å². The van der Waals surface area contributed by atoms with Crippen LogP contribution in [0.1, 0.15) is 44.2 Å². The van der Waals surface area contributed by atoms with Crippen molar-refractivity contribution in [1.82, 2.24) is 0 Å². The molecular formula is C13H21BrClNO. The highest BCUT2D eigenvalue weighted by Gasteiger charge is 2.08. The molecule has 17 heavy (non-hydrogen) atoms. The molecule has 0 amide bonds. The number of halogens is 2. The number of rotatable bonds is 6. The van der Waals surface area contributed by atoms with E-state index in [1.807, 2.05) is 12.1 Å². The third-order valence-electron chi connectivity index (χ3n) is 2.72. The van der Waals surface area contributed by atoms with Crippen molar-refractivity contribution in [2.45, 2.75) is 38.6 Å². The second kappa shape index (κ2) is 8.78. The molecule has 0 aromatic heterocycles. The van der Waals surface area contributed by atoms with Crippen LogP contribution < -0.4 is 10.5 Å². The van der Waals surface area contributed by atoms with Gasteiger partial charge in [0.2, 0.25) is 0 Å². The largest absolute Gasteiger partial charge is 0.496 e. The van der Waals surface area contributed by atoms with Crippen LogP contribution in [-0.2, 0) is 0 Å². The Bertz CT molecular complexity index is 333. The topological polar surface area (TPSA) is 35.2 Å². The first-order valence-electron chi connectivity index (χ1n) is 5.78. The van der Waals surface area contributed by atoms with Gasteiger partial charge in [0.15, 0.2) is 0 Å². The van der Waals surface area contributed by atoms with Crippen LogP contribution in [0.2, 0.25) is 0 Å². The van der Waals surface area contributed by atoms with Crippen LogP contribution in [-0.4, -0.2) is 7.11 Å². The molecule has 0 saturated carbocycles. The third-order valence-corrected chi connectivity index (χ3v) is 3.34. The molecule has 1 rings (SSSR count). The van der Waals surface area contributed by atoms with Crippen molar-refractivity contribution < 1.29 is 4.74 Å². The summed E-state index contributed by atoms with van der Waals surface area (Å²) in [5, 5.41) is 0. The molecule has 0 aliphatic carbocycles. The van der Waals surface area contributed by atoms with Crippen LogP contribution in [0.25, 0.3) is 0 Å². The summed E-state index contributed by atoms with van der Waals surface area (Å²) in [5.41, 5.74) is 7.30. The lowest BCUT2D eigenvalue weighted by molar-refractivity contribution is 0.411. The smallest absolute Gasteiger partial charge is 0.133 e. The summed E-state index contributed by atoms with van der Waals surface area (Å²) >= 11 is 3.48. The highest BCUT2D eigenvalue weighted by Crippen LogP contribution is 2.28. The summed E-state index contributed by atoms with van der Waals surface area (Å²) in [6.07, 6.45) is 4.73. The highest BCUT2D eigenvalue weighted by molar-refractivity contribution is 9.10. The van der Waals surface area contributed by atoms with Crippen molar-refractivity contribution in [1.29, 1.82) is 0 Å². The number of ether oxygens (including phenoxy) is 1. The molecule has 1 aromatic rings. The molecule has 0 bridgehead atoms. The Morgan fingerprint density at radius 3 is 2.59 bits per heavy atom. The van der Waals surface area contributed by atoms with Crippen LogP contribution >= 0.6 is 28.3 Å². The zero-order valence-electron chi connectivity index (χ0n) is 10.4. The van der Waals surface area contributed by atoms with Crippen molar-refractivity contribution >= 4 is 28.3 Å². The van der Waals surface area contributed by atoms with Crippen LogP contribution in [0.3, 0.4) is 0 Å². The first kappa shape index (κ1) is 16.8. The predicted octanol–water partition coefficient (Wildman–Crippen LogP) is 4.46. The van der Waals surface area contributed by atoms with Crippen molar-refractivity contribution in [3.8, 4) is 5.75 Å². The summed E-state index contributed by atoms with van der Waals surface area (Å²) in [7, 11) is 1.67. The monoisotopic (exact) mass is 321 g/mol. The van der Waals surface area contributed by atoms with Gasteiger partial charge in [0.05, 0.1) is 11.6 Å². The summed E-state index contributed by atoms with van der Waals surface area (Å²) in [4.78, 5) is 0. The van der Waals surface area contributed by atoms with Gasteiger partial charge in [0.1, 0.15) is 5.75 Å². The van der Waals surface area contributed by atoms with E-state index in [2.05, 4.69) is 28.9 Å². The van der Waals surface area contributed by atoms with Crippen molar-refractivity contribution in [2.24, 2.45) is 5.73 Å². The van der Waals surface area contributed by atoms with Gasteiger partial charge in [-0.2, -0.15) is 0 Å². The Morgan fingerprint density at radius 1 is 1.35 bits per heavy atom. The average molecular weight is 323 g/mol. The Morgan fingerprint density at radius 2 is 2.06 bits per heavy atom. The lowest BCUT2D eigenvalue weighted by Crippen LogP contribution is -2.10. The van der Waals surface area contributed by atoms with E-state index in [4.69, 9.17) is 10.5 Å². The molecule has 2 nitrogen and oxygen atoms in total. The fourth-order valence-corrected chi connectivity index (χ4v) is 2.25. The number of hydrogen-bond donors (Lipinski definition) is 1. The molecule has 0 fully saturated rings. The summed E-state index contributed by atoms with van der Waals surface area (Å²) in [6.45, 7) is 2.20. The van der Waals surface area contributed by atoms with Crippen LogP contribution in [0.5, 0.6) is 5.75 Å². The zero-order valence-corrected chi connectivity index (χ0v) is 12.8. The van der Waals surface area contributed by atoms with Crippen LogP contribution in [0.15, 0.2) is 22.7 Å². The molecule has 0 aliphatic rings. The van der Waals surface area contributed by atoms with E-state index < -0.39 is 0 Å². The van der Waals surface area contributed by atoms with Gasteiger partial charge in [-0.15, -0.1) is 12.4 Å². The predicted molar refractivity (Wildman–Crippen MR) is 79.0 cm³/mol. The molecule has 4 heteroatoms. The minimum absolute atomic E-state index is 0. The minimum atomic E-state index is 0. The first-order chi connectivity index (χ1) is 7.69. The Kier molecular flexibility index (Phi) is 8.66. The average Bonchev–Trinajstić information content (AvgIpc) is 2.29. The van der Waals surface area contributed by atoms with Crippen molar-refractivity contribution in [2.75, 3.05) is 7.11 Å². The molecule has 2 N–H and O–H groups in total. The van der Waals surface area contributed by atoms with E-state index in [-0.39, 0.29) is 18.4 Å². The molecule has 0 radical (unpaired) electrons. The molecule has 0 heterocycles. The number of nitrogens with two attached hydrogens (primary N) is 1. The SMILES string of the molecule is CCCCC[C@@H](N)c1ccc(OC)c(Br)c1.Cl. The van der Waals surface area contributed by atoms with E-state index in [0.29, 0.717) is 0 Å². The normalized spacial score (nSPS) is 11.8. The quantitative estimate of drug-likeness (QED) is 0.785. The number of hydrogen-bond acceptors (Lipinski definition) is 2.